The molecule has 1 aromatic rings. The van der Waals surface area contributed by atoms with Crippen LogP contribution in [-0.4, -0.2) is 26.2 Å². The summed E-state index contributed by atoms with van der Waals surface area (Å²) in [6, 6.07) is 5.15. The molecule has 0 spiro atoms. The van der Waals surface area contributed by atoms with E-state index in [1.165, 1.54) is 0 Å². The minimum atomic E-state index is 0.0777. The van der Waals surface area contributed by atoms with Crippen molar-refractivity contribution in [2.24, 2.45) is 5.92 Å². The molecule has 0 aliphatic carbocycles. The average molecular weight is 316 g/mol. The zero-order valence-corrected chi connectivity index (χ0v) is 13.1. The van der Waals surface area contributed by atoms with E-state index in [2.05, 4.69) is 0 Å². The molecule has 2 rings (SSSR count). The number of anilines is 1. The second kappa shape index (κ2) is 7.30. The molecule has 1 saturated heterocycles. The summed E-state index contributed by atoms with van der Waals surface area (Å²) in [6.07, 6.45) is 3.64. The molecular formula is C15H19Cl2NO2. The van der Waals surface area contributed by atoms with Crippen LogP contribution < -0.4 is 4.90 Å². The Labute approximate surface area is 129 Å². The Kier molecular flexibility index (Phi) is 5.70. The Morgan fingerprint density at radius 3 is 2.65 bits per heavy atom. The zero-order chi connectivity index (χ0) is 14.5. The van der Waals surface area contributed by atoms with Crippen LogP contribution in [0.15, 0.2) is 18.2 Å². The molecule has 1 aromatic carbocycles. The van der Waals surface area contributed by atoms with E-state index < -0.39 is 0 Å². The highest BCUT2D eigenvalue weighted by molar-refractivity contribution is 6.35. The molecular weight excluding hydrogens is 297 g/mol. The first-order valence-corrected chi connectivity index (χ1v) is 7.62. The van der Waals surface area contributed by atoms with Crippen LogP contribution in [0.4, 0.5) is 5.69 Å². The van der Waals surface area contributed by atoms with Crippen LogP contribution in [0.3, 0.4) is 0 Å². The lowest BCUT2D eigenvalue weighted by Crippen LogP contribution is -2.27. The average Bonchev–Trinajstić information content (AvgIpc) is 2.44. The molecule has 0 aromatic heterocycles. The van der Waals surface area contributed by atoms with Crippen LogP contribution in [-0.2, 0) is 9.53 Å². The number of amides is 1. The van der Waals surface area contributed by atoms with Crippen LogP contribution in [0, 0.1) is 5.92 Å². The lowest BCUT2D eigenvalue weighted by atomic mass is 9.96. The van der Waals surface area contributed by atoms with Crippen molar-refractivity contribution in [3.63, 3.8) is 0 Å². The number of hydrogen-bond acceptors (Lipinski definition) is 2. The SMILES string of the molecule is CN(C(=O)CCC1CCCOC1)c1cc(Cl)cc(Cl)c1. The van der Waals surface area contributed by atoms with Crippen molar-refractivity contribution in [2.45, 2.75) is 25.7 Å². The van der Waals surface area contributed by atoms with E-state index in [1.54, 1.807) is 30.1 Å². The molecule has 5 heteroatoms. The Morgan fingerprint density at radius 1 is 1.35 bits per heavy atom. The third kappa shape index (κ3) is 4.37. The van der Waals surface area contributed by atoms with E-state index in [9.17, 15) is 4.79 Å². The first kappa shape index (κ1) is 15.6. The van der Waals surface area contributed by atoms with Gasteiger partial charge in [-0.25, -0.2) is 0 Å². The minimum Gasteiger partial charge on any atom is -0.381 e. The molecule has 1 aliphatic heterocycles. The highest BCUT2D eigenvalue weighted by Crippen LogP contribution is 2.26. The Hall–Kier alpha value is -0.770. The van der Waals surface area contributed by atoms with Gasteiger partial charge in [-0.2, -0.15) is 0 Å². The van der Waals surface area contributed by atoms with E-state index in [0.717, 1.165) is 38.2 Å². The highest BCUT2D eigenvalue weighted by atomic mass is 35.5. The number of carbonyl (C=O) groups is 1. The molecule has 1 fully saturated rings. The lowest BCUT2D eigenvalue weighted by molar-refractivity contribution is -0.118. The van der Waals surface area contributed by atoms with Gasteiger partial charge in [0.15, 0.2) is 0 Å². The molecule has 1 heterocycles. The summed E-state index contributed by atoms with van der Waals surface area (Å²) in [5, 5.41) is 1.07. The third-order valence-electron chi connectivity index (χ3n) is 3.63. The lowest BCUT2D eigenvalue weighted by Gasteiger charge is -2.23. The molecule has 20 heavy (non-hydrogen) atoms. The number of hydrogen-bond donors (Lipinski definition) is 0. The van der Waals surface area contributed by atoms with Crippen LogP contribution >= 0.6 is 23.2 Å². The molecule has 1 aliphatic rings. The van der Waals surface area contributed by atoms with Crippen LogP contribution in [0.25, 0.3) is 0 Å². The second-order valence-corrected chi connectivity index (χ2v) is 6.08. The zero-order valence-electron chi connectivity index (χ0n) is 11.6. The molecule has 1 amide bonds. The van der Waals surface area contributed by atoms with Crippen LogP contribution in [0.1, 0.15) is 25.7 Å². The van der Waals surface area contributed by atoms with E-state index in [4.69, 9.17) is 27.9 Å². The molecule has 1 atom stereocenters. The number of benzene rings is 1. The van der Waals surface area contributed by atoms with Gasteiger partial charge in [-0.15, -0.1) is 0 Å². The van der Waals surface area contributed by atoms with Gasteiger partial charge in [-0.1, -0.05) is 23.2 Å². The minimum absolute atomic E-state index is 0.0777. The standard InChI is InChI=1S/C15H19Cl2NO2/c1-18(14-8-12(16)7-13(17)9-14)15(19)5-4-11-3-2-6-20-10-11/h7-9,11H,2-6,10H2,1H3. The van der Waals surface area contributed by atoms with Gasteiger partial charge in [0, 0.05) is 42.4 Å². The monoisotopic (exact) mass is 315 g/mol. The molecule has 110 valence electrons. The van der Waals surface area contributed by atoms with Crippen molar-refractivity contribution in [1.29, 1.82) is 0 Å². The number of nitrogens with zero attached hydrogens (tertiary/aromatic N) is 1. The summed E-state index contributed by atoms with van der Waals surface area (Å²) < 4.78 is 5.43. The van der Waals surface area contributed by atoms with Gasteiger partial charge in [-0.05, 0) is 43.4 Å². The van der Waals surface area contributed by atoms with Crippen LogP contribution in [0.2, 0.25) is 10.0 Å². The predicted octanol–water partition coefficient (Wildman–Crippen LogP) is 4.16. The molecule has 0 bridgehead atoms. The maximum Gasteiger partial charge on any atom is 0.226 e. The van der Waals surface area contributed by atoms with E-state index in [1.807, 2.05) is 0 Å². The number of halogens is 2. The second-order valence-electron chi connectivity index (χ2n) is 5.20. The predicted molar refractivity (Wildman–Crippen MR) is 82.6 cm³/mol. The first-order chi connectivity index (χ1) is 9.56. The van der Waals surface area contributed by atoms with Crippen molar-refractivity contribution >= 4 is 34.8 Å². The summed E-state index contributed by atoms with van der Waals surface area (Å²) in [5.74, 6) is 0.581. The van der Waals surface area contributed by atoms with Gasteiger partial charge < -0.3 is 9.64 Å². The summed E-state index contributed by atoms with van der Waals surface area (Å²) >= 11 is 11.9. The first-order valence-electron chi connectivity index (χ1n) is 6.86. The fourth-order valence-corrected chi connectivity index (χ4v) is 2.92. The van der Waals surface area contributed by atoms with E-state index in [-0.39, 0.29) is 5.91 Å². The molecule has 1 unspecified atom stereocenters. The largest absolute Gasteiger partial charge is 0.381 e. The highest BCUT2D eigenvalue weighted by Gasteiger charge is 2.18. The van der Waals surface area contributed by atoms with Gasteiger partial charge in [0.1, 0.15) is 0 Å². The smallest absolute Gasteiger partial charge is 0.226 e. The Balaban J connectivity index is 1.90. The number of ether oxygens (including phenoxy) is 1. The quantitative estimate of drug-likeness (QED) is 0.834. The summed E-state index contributed by atoms with van der Waals surface area (Å²) in [4.78, 5) is 13.8. The maximum atomic E-state index is 12.2. The Morgan fingerprint density at radius 2 is 2.05 bits per heavy atom. The third-order valence-corrected chi connectivity index (χ3v) is 4.07. The van der Waals surface area contributed by atoms with Crippen molar-refractivity contribution in [3.8, 4) is 0 Å². The molecule has 0 radical (unpaired) electrons. The number of rotatable bonds is 4. The van der Waals surface area contributed by atoms with Gasteiger partial charge in [0.25, 0.3) is 0 Å². The molecule has 0 N–H and O–H groups in total. The molecule has 3 nitrogen and oxygen atoms in total. The van der Waals surface area contributed by atoms with Crippen molar-refractivity contribution in [2.75, 3.05) is 25.2 Å². The number of carbonyl (C=O) groups excluding carboxylic acids is 1. The van der Waals surface area contributed by atoms with Gasteiger partial charge in [-0.3, -0.25) is 4.79 Å². The Bertz CT molecular complexity index is 453. The van der Waals surface area contributed by atoms with Crippen molar-refractivity contribution in [3.05, 3.63) is 28.2 Å². The maximum absolute atomic E-state index is 12.2. The fraction of sp³-hybridized carbons (Fsp3) is 0.533. The molecule has 0 saturated carbocycles. The fourth-order valence-electron chi connectivity index (χ4n) is 2.41. The topological polar surface area (TPSA) is 29.5 Å². The van der Waals surface area contributed by atoms with Crippen molar-refractivity contribution < 1.29 is 9.53 Å². The normalized spacial score (nSPS) is 18.9. The van der Waals surface area contributed by atoms with Crippen LogP contribution in [0.5, 0.6) is 0 Å². The van der Waals surface area contributed by atoms with Gasteiger partial charge in [0.05, 0.1) is 0 Å². The van der Waals surface area contributed by atoms with Gasteiger partial charge >= 0.3 is 0 Å². The van der Waals surface area contributed by atoms with Gasteiger partial charge in [0.2, 0.25) is 5.91 Å². The summed E-state index contributed by atoms with van der Waals surface area (Å²) in [6.45, 7) is 1.63. The summed E-state index contributed by atoms with van der Waals surface area (Å²) in [7, 11) is 1.75. The van der Waals surface area contributed by atoms with E-state index >= 15 is 0 Å². The van der Waals surface area contributed by atoms with Crippen molar-refractivity contribution in [1.82, 2.24) is 0 Å². The van der Waals surface area contributed by atoms with E-state index in [0.29, 0.717) is 22.4 Å². The summed E-state index contributed by atoms with van der Waals surface area (Å²) in [5.41, 5.74) is 0.729.